The molecule has 4 rings (SSSR count). The number of nitrogens with zero attached hydrogens (tertiary/aromatic N) is 2. The number of benzene rings is 2. The van der Waals surface area contributed by atoms with E-state index in [1.807, 2.05) is 24.3 Å². The van der Waals surface area contributed by atoms with Crippen molar-refractivity contribution in [3.05, 3.63) is 72.3 Å². The van der Waals surface area contributed by atoms with Crippen molar-refractivity contribution in [2.24, 2.45) is 5.92 Å². The molecule has 0 N–H and O–H groups in total. The first-order valence-corrected chi connectivity index (χ1v) is 15.3. The minimum atomic E-state index is -0.740. The molecule has 0 radical (unpaired) electrons. The van der Waals surface area contributed by atoms with Gasteiger partial charge in [0.1, 0.15) is 24.8 Å². The van der Waals surface area contributed by atoms with Crippen LogP contribution in [0.5, 0.6) is 0 Å². The number of ether oxygens (including phenoxy) is 2. The number of hydrogen-bond acceptors (Lipinski definition) is 5. The van der Waals surface area contributed by atoms with Crippen LogP contribution in [0.1, 0.15) is 82.8 Å². The quantitative estimate of drug-likeness (QED) is 0.214. The lowest BCUT2D eigenvalue weighted by Crippen LogP contribution is -2.52. The SMILES string of the molecule is C=CCCN(C(=O)OCC1c2ccccc2-c2ccccc21)[C@@H](CC1CCCCC1)C(=O)N(C)CC(=O)OC(C)(C)C. The summed E-state index contributed by atoms with van der Waals surface area (Å²) in [5, 5.41) is 0. The summed E-state index contributed by atoms with van der Waals surface area (Å²) in [6.45, 7) is 9.54. The summed E-state index contributed by atoms with van der Waals surface area (Å²) in [6.07, 6.45) is 7.79. The van der Waals surface area contributed by atoms with Crippen LogP contribution in [0.25, 0.3) is 11.1 Å². The lowest BCUT2D eigenvalue weighted by Gasteiger charge is -2.36. The average Bonchev–Trinajstić information content (AvgIpc) is 3.28. The van der Waals surface area contributed by atoms with Crippen LogP contribution in [0.2, 0.25) is 0 Å². The maximum Gasteiger partial charge on any atom is 0.410 e. The van der Waals surface area contributed by atoms with Crippen molar-refractivity contribution in [2.45, 2.75) is 83.3 Å². The van der Waals surface area contributed by atoms with E-state index >= 15 is 0 Å². The Balaban J connectivity index is 1.55. The Morgan fingerprint density at radius 3 is 2.14 bits per heavy atom. The third kappa shape index (κ3) is 7.81. The van der Waals surface area contributed by atoms with Gasteiger partial charge in [-0.15, -0.1) is 6.58 Å². The van der Waals surface area contributed by atoms with E-state index in [1.54, 1.807) is 38.8 Å². The van der Waals surface area contributed by atoms with Crippen molar-refractivity contribution in [2.75, 3.05) is 26.7 Å². The number of rotatable bonds is 11. The molecule has 0 spiro atoms. The van der Waals surface area contributed by atoms with Crippen LogP contribution in [-0.4, -0.2) is 66.2 Å². The Kier molecular flexibility index (Phi) is 10.5. The van der Waals surface area contributed by atoms with E-state index < -0.39 is 23.7 Å². The van der Waals surface area contributed by atoms with E-state index in [9.17, 15) is 14.4 Å². The Morgan fingerprint density at radius 2 is 1.57 bits per heavy atom. The maximum atomic E-state index is 14.0. The summed E-state index contributed by atoms with van der Waals surface area (Å²) in [4.78, 5) is 43.3. The predicted octanol–water partition coefficient (Wildman–Crippen LogP) is 6.95. The predicted molar refractivity (Wildman–Crippen MR) is 165 cm³/mol. The van der Waals surface area contributed by atoms with Gasteiger partial charge in [-0.25, -0.2) is 4.79 Å². The van der Waals surface area contributed by atoms with Crippen LogP contribution in [0.4, 0.5) is 4.79 Å². The molecule has 2 aliphatic carbocycles. The highest BCUT2D eigenvalue weighted by atomic mass is 16.6. The van der Waals surface area contributed by atoms with E-state index in [-0.39, 0.29) is 25.0 Å². The largest absolute Gasteiger partial charge is 0.459 e. The van der Waals surface area contributed by atoms with E-state index in [1.165, 1.54) is 11.3 Å². The van der Waals surface area contributed by atoms with E-state index in [4.69, 9.17) is 9.47 Å². The molecule has 2 aromatic carbocycles. The molecule has 0 bridgehead atoms. The summed E-state index contributed by atoms with van der Waals surface area (Å²) in [5.74, 6) is -0.502. The molecular formula is C35H46N2O5. The molecule has 7 heteroatoms. The van der Waals surface area contributed by atoms with Crippen LogP contribution in [-0.2, 0) is 19.1 Å². The van der Waals surface area contributed by atoms with E-state index in [0.29, 0.717) is 25.3 Å². The van der Waals surface area contributed by atoms with E-state index in [2.05, 4.69) is 30.8 Å². The van der Waals surface area contributed by atoms with Crippen molar-refractivity contribution in [3.8, 4) is 11.1 Å². The van der Waals surface area contributed by atoms with Crippen LogP contribution >= 0.6 is 0 Å². The molecule has 1 atom stereocenters. The van der Waals surface area contributed by atoms with Gasteiger partial charge in [-0.1, -0.05) is 86.7 Å². The van der Waals surface area contributed by atoms with Gasteiger partial charge < -0.3 is 14.4 Å². The van der Waals surface area contributed by atoms with Crippen molar-refractivity contribution in [3.63, 3.8) is 0 Å². The number of hydrogen-bond donors (Lipinski definition) is 0. The molecule has 0 aromatic heterocycles. The van der Waals surface area contributed by atoms with Gasteiger partial charge in [0.15, 0.2) is 0 Å². The fraction of sp³-hybridized carbons (Fsp3) is 0.514. The van der Waals surface area contributed by atoms with Crippen LogP contribution < -0.4 is 0 Å². The Hall–Kier alpha value is -3.61. The van der Waals surface area contributed by atoms with Gasteiger partial charge in [-0.2, -0.15) is 0 Å². The van der Waals surface area contributed by atoms with Crippen molar-refractivity contribution in [1.29, 1.82) is 0 Å². The first-order valence-electron chi connectivity index (χ1n) is 15.3. The number of amides is 2. The Morgan fingerprint density at radius 1 is 0.976 bits per heavy atom. The summed E-state index contributed by atoms with van der Waals surface area (Å²) in [6, 6.07) is 15.7. The molecule has 0 aliphatic heterocycles. The minimum absolute atomic E-state index is 0.0788. The fourth-order valence-corrected chi connectivity index (χ4v) is 6.28. The van der Waals surface area contributed by atoms with Gasteiger partial charge in [0.2, 0.25) is 5.91 Å². The van der Waals surface area contributed by atoms with Crippen molar-refractivity contribution < 1.29 is 23.9 Å². The lowest BCUT2D eigenvalue weighted by molar-refractivity contribution is -0.159. The number of fused-ring (bicyclic) bond motifs is 3. The maximum absolute atomic E-state index is 14.0. The zero-order chi connectivity index (χ0) is 30.3. The van der Waals surface area contributed by atoms with Crippen molar-refractivity contribution >= 4 is 18.0 Å². The summed E-state index contributed by atoms with van der Waals surface area (Å²) < 4.78 is 11.5. The lowest BCUT2D eigenvalue weighted by atomic mass is 9.84. The highest BCUT2D eigenvalue weighted by Crippen LogP contribution is 2.44. The fourth-order valence-electron chi connectivity index (χ4n) is 6.28. The van der Waals surface area contributed by atoms with Crippen LogP contribution in [0.15, 0.2) is 61.2 Å². The molecule has 0 saturated heterocycles. The van der Waals surface area contributed by atoms with Gasteiger partial charge in [-0.3, -0.25) is 14.5 Å². The molecule has 1 saturated carbocycles. The zero-order valence-electron chi connectivity index (χ0n) is 25.6. The third-order valence-corrected chi connectivity index (χ3v) is 8.25. The molecule has 2 aliphatic rings. The second-order valence-electron chi connectivity index (χ2n) is 12.6. The van der Waals surface area contributed by atoms with Gasteiger partial charge >= 0.3 is 12.1 Å². The summed E-state index contributed by atoms with van der Waals surface area (Å²) >= 11 is 0. The molecule has 0 unspecified atom stereocenters. The Labute approximate surface area is 250 Å². The van der Waals surface area contributed by atoms with E-state index in [0.717, 1.165) is 47.9 Å². The molecule has 7 nitrogen and oxygen atoms in total. The Bertz CT molecular complexity index is 1210. The standard InChI is InChI=1S/C35H46N2O5/c1-6-7-21-37(34(40)41-24-30-28-19-13-11-17-26(28)27-18-12-14-20-29(27)30)31(22-25-15-9-8-10-16-25)33(39)36(5)23-32(38)42-35(2,3)4/h6,11-14,17-20,25,30-31H,1,7-10,15-16,21-24H2,2-5H3/t31-/m0/s1. The third-order valence-electron chi connectivity index (χ3n) is 8.25. The van der Waals surface area contributed by atoms with Gasteiger partial charge in [0.05, 0.1) is 0 Å². The highest BCUT2D eigenvalue weighted by Gasteiger charge is 2.37. The summed E-state index contributed by atoms with van der Waals surface area (Å²) in [5.41, 5.74) is 3.94. The molecule has 0 heterocycles. The highest BCUT2D eigenvalue weighted by molar-refractivity contribution is 5.88. The second kappa shape index (κ2) is 14.0. The number of esters is 1. The molecule has 2 aromatic rings. The number of carbonyl (C=O) groups is 3. The normalized spacial score (nSPS) is 15.7. The number of carbonyl (C=O) groups excluding carboxylic acids is 3. The molecule has 1 fully saturated rings. The van der Waals surface area contributed by atoms with Crippen LogP contribution in [0, 0.1) is 5.92 Å². The molecular weight excluding hydrogens is 528 g/mol. The second-order valence-corrected chi connectivity index (χ2v) is 12.6. The van der Waals surface area contributed by atoms with Gasteiger partial charge in [0, 0.05) is 19.5 Å². The molecule has 42 heavy (non-hydrogen) atoms. The first-order chi connectivity index (χ1) is 20.1. The summed E-state index contributed by atoms with van der Waals surface area (Å²) in [7, 11) is 1.60. The monoisotopic (exact) mass is 574 g/mol. The average molecular weight is 575 g/mol. The van der Waals surface area contributed by atoms with Gasteiger partial charge in [0.25, 0.3) is 0 Å². The minimum Gasteiger partial charge on any atom is -0.459 e. The molecule has 2 amide bonds. The topological polar surface area (TPSA) is 76.2 Å². The van der Waals surface area contributed by atoms with Crippen LogP contribution in [0.3, 0.4) is 0 Å². The van der Waals surface area contributed by atoms with Gasteiger partial charge in [-0.05, 0) is 61.8 Å². The van der Waals surface area contributed by atoms with Crippen molar-refractivity contribution in [1.82, 2.24) is 9.80 Å². The molecule has 226 valence electrons. The zero-order valence-corrected chi connectivity index (χ0v) is 25.6. The smallest absolute Gasteiger partial charge is 0.410 e. The number of likely N-dealkylation sites (N-methyl/N-ethyl adjacent to an activating group) is 1. The first kappa shape index (κ1) is 31.3.